The largest absolute Gasteiger partial charge is 0.491 e. The average Bonchev–Trinajstić information content (AvgIpc) is 2.85. The number of nitrogens with zero attached hydrogens (tertiary/aromatic N) is 1. The van der Waals surface area contributed by atoms with Crippen molar-refractivity contribution in [3.63, 3.8) is 0 Å². The fourth-order valence-corrected chi connectivity index (χ4v) is 5.75. The molecule has 0 aromatic heterocycles. The number of benzene rings is 2. The maximum atomic E-state index is 13.0. The molecule has 1 heterocycles. The van der Waals surface area contributed by atoms with E-state index in [-0.39, 0.29) is 38.1 Å². The van der Waals surface area contributed by atoms with Crippen molar-refractivity contribution in [3.05, 3.63) is 66.6 Å². The molecule has 2 atom stereocenters. The molecule has 37 heavy (non-hydrogen) atoms. The van der Waals surface area contributed by atoms with Crippen molar-refractivity contribution in [2.24, 2.45) is 5.92 Å². The number of rotatable bonds is 8. The van der Waals surface area contributed by atoms with E-state index in [1.165, 1.54) is 12.1 Å². The molecular formula is C25H22BrCl2N3O5S. The van der Waals surface area contributed by atoms with Gasteiger partial charge in [0.1, 0.15) is 5.92 Å². The van der Waals surface area contributed by atoms with E-state index in [0.29, 0.717) is 17.9 Å². The zero-order valence-electron chi connectivity index (χ0n) is 20.0. The van der Waals surface area contributed by atoms with Crippen LogP contribution in [0.2, 0.25) is 10.0 Å². The number of allylic oxidation sites excluding steroid dienone is 1. The number of anilines is 1. The standard InChI is InChI=1S/C25H22BrCl2N3O5S/c1-4-36-22-16(27)8-13(9-17(22)28)20-15(10-29)24(31-23(33)21(20)25(34)35-3)37-11-19(32)30-18-6-5-14(26)7-12(18)2/h5-9,20-21H,4,11H2,1-3H3,(H,30,32)(H,31,33)/t20-,21-/m0/s1. The first-order chi connectivity index (χ1) is 17.6. The molecule has 2 N–H and O–H groups in total. The number of aryl methyl sites for hydroxylation is 1. The highest BCUT2D eigenvalue weighted by atomic mass is 79.9. The van der Waals surface area contributed by atoms with Crippen molar-refractivity contribution in [2.75, 3.05) is 24.8 Å². The van der Waals surface area contributed by atoms with Crippen LogP contribution in [0, 0.1) is 24.2 Å². The summed E-state index contributed by atoms with van der Waals surface area (Å²) in [5, 5.41) is 15.9. The van der Waals surface area contributed by atoms with Gasteiger partial charge in [-0.1, -0.05) is 50.9 Å². The summed E-state index contributed by atoms with van der Waals surface area (Å²) in [5.74, 6) is -4.11. The van der Waals surface area contributed by atoms with Gasteiger partial charge in [-0.25, -0.2) is 0 Å². The first-order valence-corrected chi connectivity index (χ1v) is 13.5. The summed E-state index contributed by atoms with van der Waals surface area (Å²) in [6.45, 7) is 3.95. The second-order valence-corrected chi connectivity index (χ2v) is 10.6. The minimum Gasteiger partial charge on any atom is -0.491 e. The zero-order valence-corrected chi connectivity index (χ0v) is 23.9. The van der Waals surface area contributed by atoms with Gasteiger partial charge >= 0.3 is 5.97 Å². The van der Waals surface area contributed by atoms with Crippen LogP contribution in [0.4, 0.5) is 5.69 Å². The minimum absolute atomic E-state index is 0.0731. The normalized spacial score (nSPS) is 17.1. The third-order valence-corrected chi connectivity index (χ3v) is 7.53. The lowest BCUT2D eigenvalue weighted by atomic mass is 9.78. The summed E-state index contributed by atoms with van der Waals surface area (Å²) in [7, 11) is 1.15. The summed E-state index contributed by atoms with van der Waals surface area (Å²) in [6, 6.07) is 10.5. The molecule has 0 aliphatic carbocycles. The monoisotopic (exact) mass is 625 g/mol. The number of hydrogen-bond donors (Lipinski definition) is 2. The Hall–Kier alpha value is -2.71. The number of ether oxygens (including phenoxy) is 2. The van der Waals surface area contributed by atoms with Crippen LogP contribution in [0.1, 0.15) is 24.0 Å². The molecule has 0 radical (unpaired) electrons. The maximum absolute atomic E-state index is 13.0. The van der Waals surface area contributed by atoms with E-state index in [1.54, 1.807) is 19.1 Å². The molecule has 2 aromatic rings. The molecule has 0 saturated heterocycles. The topological polar surface area (TPSA) is 118 Å². The number of methoxy groups -OCH3 is 1. The summed E-state index contributed by atoms with van der Waals surface area (Å²) in [4.78, 5) is 38.3. The predicted octanol–water partition coefficient (Wildman–Crippen LogP) is 5.57. The van der Waals surface area contributed by atoms with Crippen LogP contribution in [0.15, 0.2) is 45.4 Å². The van der Waals surface area contributed by atoms with Gasteiger partial charge in [0.05, 0.1) is 46.2 Å². The zero-order chi connectivity index (χ0) is 27.3. The van der Waals surface area contributed by atoms with Crippen LogP contribution < -0.4 is 15.4 Å². The molecule has 0 unspecified atom stereocenters. The van der Waals surface area contributed by atoms with Gasteiger partial charge in [-0.3, -0.25) is 14.4 Å². The number of amides is 2. The number of nitrogens with one attached hydrogen (secondary N) is 2. The highest BCUT2D eigenvalue weighted by Crippen LogP contribution is 2.44. The molecule has 2 amide bonds. The Kier molecular flexibility index (Phi) is 9.90. The van der Waals surface area contributed by atoms with Gasteiger partial charge in [0.25, 0.3) is 0 Å². The van der Waals surface area contributed by atoms with Gasteiger partial charge in [0.2, 0.25) is 11.8 Å². The molecule has 1 aliphatic heterocycles. The van der Waals surface area contributed by atoms with Crippen LogP contribution in [0.25, 0.3) is 0 Å². The van der Waals surface area contributed by atoms with Gasteiger partial charge in [-0.15, -0.1) is 0 Å². The highest BCUT2D eigenvalue weighted by Gasteiger charge is 2.44. The molecule has 3 rings (SSSR count). The quantitative estimate of drug-likeness (QED) is 0.290. The Morgan fingerprint density at radius 2 is 1.92 bits per heavy atom. The molecular weight excluding hydrogens is 605 g/mol. The summed E-state index contributed by atoms with van der Waals surface area (Å²) in [6.07, 6.45) is 0. The number of thioether (sulfide) groups is 1. The molecule has 12 heteroatoms. The predicted molar refractivity (Wildman–Crippen MR) is 147 cm³/mol. The lowest BCUT2D eigenvalue weighted by molar-refractivity contribution is -0.150. The SMILES string of the molecule is CCOc1c(Cl)cc([C@H]2C(C#N)=C(SCC(=O)Nc3ccc(Br)cc3C)NC(=O)[C@H]2C(=O)OC)cc1Cl. The van der Waals surface area contributed by atoms with E-state index in [2.05, 4.69) is 32.6 Å². The fraction of sp³-hybridized carbons (Fsp3) is 0.280. The smallest absolute Gasteiger partial charge is 0.319 e. The maximum Gasteiger partial charge on any atom is 0.319 e. The van der Waals surface area contributed by atoms with Crippen molar-refractivity contribution < 1.29 is 23.9 Å². The summed E-state index contributed by atoms with van der Waals surface area (Å²) < 4.78 is 11.2. The Morgan fingerprint density at radius 1 is 1.24 bits per heavy atom. The molecule has 0 fully saturated rings. The molecule has 0 bridgehead atoms. The van der Waals surface area contributed by atoms with E-state index in [9.17, 15) is 19.6 Å². The minimum atomic E-state index is -1.37. The molecule has 8 nitrogen and oxygen atoms in total. The van der Waals surface area contributed by atoms with Crippen molar-refractivity contribution in [2.45, 2.75) is 19.8 Å². The van der Waals surface area contributed by atoms with Crippen LogP contribution >= 0.6 is 50.9 Å². The van der Waals surface area contributed by atoms with E-state index in [4.69, 9.17) is 32.7 Å². The first kappa shape index (κ1) is 28.9. The average molecular weight is 627 g/mol. The number of hydrogen-bond acceptors (Lipinski definition) is 7. The number of carbonyl (C=O) groups excluding carboxylic acids is 3. The summed E-state index contributed by atoms with van der Waals surface area (Å²) >= 11 is 17.1. The van der Waals surface area contributed by atoms with Gasteiger partial charge in [0, 0.05) is 16.1 Å². The van der Waals surface area contributed by atoms with Crippen molar-refractivity contribution >= 4 is 74.4 Å². The van der Waals surface area contributed by atoms with Gasteiger partial charge in [-0.05, 0) is 55.3 Å². The van der Waals surface area contributed by atoms with Crippen molar-refractivity contribution in [1.82, 2.24) is 5.32 Å². The van der Waals surface area contributed by atoms with E-state index in [1.807, 2.05) is 13.0 Å². The Labute approximate surface area is 236 Å². The third kappa shape index (κ3) is 6.60. The van der Waals surface area contributed by atoms with Crippen LogP contribution in [0.5, 0.6) is 5.75 Å². The summed E-state index contributed by atoms with van der Waals surface area (Å²) in [5.41, 5.74) is 1.93. The Balaban J connectivity index is 1.97. The number of halogens is 3. The van der Waals surface area contributed by atoms with Crippen LogP contribution in [-0.4, -0.2) is 37.3 Å². The Morgan fingerprint density at radius 3 is 2.49 bits per heavy atom. The third-order valence-electron chi connectivity index (χ3n) is 5.46. The van der Waals surface area contributed by atoms with Crippen LogP contribution in [-0.2, 0) is 19.1 Å². The second-order valence-electron chi connectivity index (χ2n) is 7.87. The molecule has 2 aromatic carbocycles. The second kappa shape index (κ2) is 12.7. The fourth-order valence-electron chi connectivity index (χ4n) is 3.81. The van der Waals surface area contributed by atoms with Gasteiger partial charge < -0.3 is 20.1 Å². The molecule has 194 valence electrons. The van der Waals surface area contributed by atoms with E-state index < -0.39 is 23.7 Å². The molecule has 0 spiro atoms. The highest BCUT2D eigenvalue weighted by molar-refractivity contribution is 9.10. The lowest BCUT2D eigenvalue weighted by Crippen LogP contribution is -2.44. The number of nitriles is 1. The number of carbonyl (C=O) groups is 3. The lowest BCUT2D eigenvalue weighted by Gasteiger charge is -2.31. The van der Waals surface area contributed by atoms with E-state index in [0.717, 1.165) is 28.9 Å². The number of esters is 1. The first-order valence-electron chi connectivity index (χ1n) is 10.9. The van der Waals surface area contributed by atoms with E-state index >= 15 is 0 Å². The molecule has 1 aliphatic rings. The van der Waals surface area contributed by atoms with Crippen molar-refractivity contribution in [1.29, 1.82) is 5.26 Å². The van der Waals surface area contributed by atoms with Crippen molar-refractivity contribution in [3.8, 4) is 11.8 Å². The van der Waals surface area contributed by atoms with Crippen LogP contribution in [0.3, 0.4) is 0 Å². The molecule has 0 saturated carbocycles. The van der Waals surface area contributed by atoms with Gasteiger partial charge in [-0.2, -0.15) is 5.26 Å². The van der Waals surface area contributed by atoms with Gasteiger partial charge in [0.15, 0.2) is 5.75 Å². The Bertz CT molecular complexity index is 1300.